The number of carbonyl (C=O) groups is 2. The van der Waals surface area contributed by atoms with Crippen LogP contribution in [-0.4, -0.2) is 30.1 Å². The Bertz CT molecular complexity index is 488. The molecule has 5 nitrogen and oxygen atoms in total. The summed E-state index contributed by atoms with van der Waals surface area (Å²) >= 11 is 5.83. The van der Waals surface area contributed by atoms with Gasteiger partial charge in [-0.15, -0.1) is 0 Å². The van der Waals surface area contributed by atoms with Gasteiger partial charge in [-0.2, -0.15) is 0 Å². The highest BCUT2D eigenvalue weighted by Gasteiger charge is 2.25. The number of carboxylic acids is 1. The second kappa shape index (κ2) is 6.43. The highest BCUT2D eigenvalue weighted by molar-refractivity contribution is 6.31. The van der Waals surface area contributed by atoms with E-state index in [0.29, 0.717) is 10.8 Å². The quantitative estimate of drug-likeness (QED) is 0.869. The van der Waals surface area contributed by atoms with Crippen LogP contribution in [0.25, 0.3) is 0 Å². The van der Waals surface area contributed by atoms with Gasteiger partial charge in [0.05, 0.1) is 12.7 Å². The summed E-state index contributed by atoms with van der Waals surface area (Å²) in [5.74, 6) is -1.49. The largest absolute Gasteiger partial charge is 0.496 e. The standard InChI is InChI=1S/C13H16ClNO4/c1-7(2)11(13(17)18)15-12(16)9-6-8(14)4-5-10(9)19-3/h4-7,11H,1-3H3,(H,15,16)(H,17,18)/t11-/m1/s1. The Morgan fingerprint density at radius 1 is 1.37 bits per heavy atom. The van der Waals surface area contributed by atoms with Crippen molar-refractivity contribution >= 4 is 23.5 Å². The molecule has 0 radical (unpaired) electrons. The number of methoxy groups -OCH3 is 1. The van der Waals surface area contributed by atoms with Crippen molar-refractivity contribution in [3.63, 3.8) is 0 Å². The van der Waals surface area contributed by atoms with Gasteiger partial charge in [-0.1, -0.05) is 25.4 Å². The number of aliphatic carboxylic acids is 1. The fraction of sp³-hybridized carbons (Fsp3) is 0.385. The molecule has 1 aromatic rings. The lowest BCUT2D eigenvalue weighted by Crippen LogP contribution is -2.44. The first-order chi connectivity index (χ1) is 8.86. The number of benzene rings is 1. The van der Waals surface area contributed by atoms with Crippen LogP contribution in [0, 0.1) is 5.92 Å². The predicted octanol–water partition coefficient (Wildman–Crippen LogP) is 2.19. The normalized spacial score (nSPS) is 12.1. The van der Waals surface area contributed by atoms with E-state index in [0.717, 1.165) is 0 Å². The third kappa shape index (κ3) is 3.86. The van der Waals surface area contributed by atoms with Crippen molar-refractivity contribution in [1.82, 2.24) is 5.32 Å². The summed E-state index contributed by atoms with van der Waals surface area (Å²) < 4.78 is 5.06. The van der Waals surface area contributed by atoms with Crippen LogP contribution in [0.2, 0.25) is 5.02 Å². The highest BCUT2D eigenvalue weighted by atomic mass is 35.5. The zero-order chi connectivity index (χ0) is 14.6. The van der Waals surface area contributed by atoms with E-state index in [9.17, 15) is 9.59 Å². The Kier molecular flexibility index (Phi) is 5.18. The van der Waals surface area contributed by atoms with E-state index in [1.807, 2.05) is 0 Å². The first-order valence-corrected chi connectivity index (χ1v) is 6.11. The van der Waals surface area contributed by atoms with E-state index >= 15 is 0 Å². The molecule has 0 spiro atoms. The van der Waals surface area contributed by atoms with Crippen molar-refractivity contribution in [2.24, 2.45) is 5.92 Å². The van der Waals surface area contributed by atoms with Crippen LogP contribution < -0.4 is 10.1 Å². The van der Waals surface area contributed by atoms with E-state index < -0.39 is 17.9 Å². The fourth-order valence-electron chi connectivity index (χ4n) is 1.59. The molecule has 1 amide bonds. The summed E-state index contributed by atoms with van der Waals surface area (Å²) in [6.07, 6.45) is 0. The number of nitrogens with one attached hydrogen (secondary N) is 1. The summed E-state index contributed by atoms with van der Waals surface area (Å²) in [7, 11) is 1.43. The second-order valence-corrected chi connectivity index (χ2v) is 4.81. The van der Waals surface area contributed by atoms with Gasteiger partial charge in [0, 0.05) is 5.02 Å². The third-order valence-electron chi connectivity index (χ3n) is 2.63. The van der Waals surface area contributed by atoms with Gasteiger partial charge < -0.3 is 15.2 Å². The van der Waals surface area contributed by atoms with Crippen LogP contribution in [0.3, 0.4) is 0 Å². The average molecular weight is 286 g/mol. The van der Waals surface area contributed by atoms with E-state index in [1.54, 1.807) is 26.0 Å². The third-order valence-corrected chi connectivity index (χ3v) is 2.86. The van der Waals surface area contributed by atoms with Gasteiger partial charge in [0.1, 0.15) is 11.8 Å². The summed E-state index contributed by atoms with van der Waals surface area (Å²) in [6, 6.07) is 3.63. The molecular weight excluding hydrogens is 270 g/mol. The van der Waals surface area contributed by atoms with E-state index in [-0.39, 0.29) is 11.5 Å². The summed E-state index contributed by atoms with van der Waals surface area (Å²) in [6.45, 7) is 3.43. The molecular formula is C13H16ClNO4. The van der Waals surface area contributed by atoms with Gasteiger partial charge in [0.2, 0.25) is 0 Å². The Labute approximate surface area is 116 Å². The minimum absolute atomic E-state index is 0.210. The van der Waals surface area contributed by atoms with Gasteiger partial charge in [-0.25, -0.2) is 4.79 Å². The highest BCUT2D eigenvalue weighted by Crippen LogP contribution is 2.22. The van der Waals surface area contributed by atoms with Crippen LogP contribution in [0.5, 0.6) is 5.75 Å². The Morgan fingerprint density at radius 2 is 2.00 bits per heavy atom. The summed E-state index contributed by atoms with van der Waals surface area (Å²) in [5.41, 5.74) is 0.210. The first-order valence-electron chi connectivity index (χ1n) is 5.74. The molecule has 0 aliphatic carbocycles. The SMILES string of the molecule is COc1ccc(Cl)cc1C(=O)N[C@@H](C(=O)O)C(C)C. The number of rotatable bonds is 5. The lowest BCUT2D eigenvalue weighted by molar-refractivity contribution is -0.140. The van der Waals surface area contributed by atoms with Crippen molar-refractivity contribution in [2.75, 3.05) is 7.11 Å². The second-order valence-electron chi connectivity index (χ2n) is 4.38. The van der Waals surface area contributed by atoms with Crippen LogP contribution in [0.15, 0.2) is 18.2 Å². The van der Waals surface area contributed by atoms with Crippen molar-refractivity contribution in [3.05, 3.63) is 28.8 Å². The molecule has 0 bridgehead atoms. The number of hydrogen-bond donors (Lipinski definition) is 2. The molecule has 6 heteroatoms. The monoisotopic (exact) mass is 285 g/mol. The maximum atomic E-state index is 12.1. The number of amides is 1. The Morgan fingerprint density at radius 3 is 2.47 bits per heavy atom. The topological polar surface area (TPSA) is 75.6 Å². The minimum atomic E-state index is -1.08. The molecule has 1 rings (SSSR count). The van der Waals surface area contributed by atoms with E-state index in [4.69, 9.17) is 21.4 Å². The van der Waals surface area contributed by atoms with Crippen LogP contribution in [0.1, 0.15) is 24.2 Å². The zero-order valence-electron chi connectivity index (χ0n) is 10.9. The first kappa shape index (κ1) is 15.3. The van der Waals surface area contributed by atoms with E-state index in [1.165, 1.54) is 13.2 Å². The van der Waals surface area contributed by atoms with E-state index in [2.05, 4.69) is 5.32 Å². The Balaban J connectivity index is 3.00. The number of ether oxygens (including phenoxy) is 1. The molecule has 19 heavy (non-hydrogen) atoms. The number of carbonyl (C=O) groups excluding carboxylic acids is 1. The van der Waals surface area contributed by atoms with Gasteiger partial charge >= 0.3 is 5.97 Å². The van der Waals surface area contributed by atoms with Crippen LogP contribution in [0.4, 0.5) is 0 Å². The zero-order valence-corrected chi connectivity index (χ0v) is 11.7. The molecule has 1 atom stereocenters. The van der Waals surface area contributed by atoms with Crippen LogP contribution in [-0.2, 0) is 4.79 Å². The molecule has 2 N–H and O–H groups in total. The van der Waals surface area contributed by atoms with Gasteiger partial charge in [0.15, 0.2) is 0 Å². The molecule has 0 heterocycles. The maximum absolute atomic E-state index is 12.1. The smallest absolute Gasteiger partial charge is 0.326 e. The van der Waals surface area contributed by atoms with Crippen molar-refractivity contribution in [3.8, 4) is 5.75 Å². The minimum Gasteiger partial charge on any atom is -0.496 e. The summed E-state index contributed by atoms with van der Waals surface area (Å²) in [4.78, 5) is 23.1. The van der Waals surface area contributed by atoms with Crippen LogP contribution >= 0.6 is 11.6 Å². The molecule has 104 valence electrons. The number of carboxylic acid groups (broad SMARTS) is 1. The lowest BCUT2D eigenvalue weighted by atomic mass is 10.0. The molecule has 0 aliphatic rings. The molecule has 1 aromatic carbocycles. The molecule has 0 aliphatic heterocycles. The molecule has 0 unspecified atom stereocenters. The lowest BCUT2D eigenvalue weighted by Gasteiger charge is -2.18. The van der Waals surface area contributed by atoms with Crippen molar-refractivity contribution in [2.45, 2.75) is 19.9 Å². The van der Waals surface area contributed by atoms with Gasteiger partial charge in [0.25, 0.3) is 5.91 Å². The average Bonchev–Trinajstić information content (AvgIpc) is 2.34. The summed E-state index contributed by atoms with van der Waals surface area (Å²) in [5, 5.41) is 11.9. The maximum Gasteiger partial charge on any atom is 0.326 e. The van der Waals surface area contributed by atoms with Crippen molar-refractivity contribution in [1.29, 1.82) is 0 Å². The van der Waals surface area contributed by atoms with Crippen molar-refractivity contribution < 1.29 is 19.4 Å². The van der Waals surface area contributed by atoms with Gasteiger partial charge in [-0.05, 0) is 24.1 Å². The van der Waals surface area contributed by atoms with Gasteiger partial charge in [-0.3, -0.25) is 4.79 Å². The molecule has 0 saturated carbocycles. The number of halogens is 1. The Hall–Kier alpha value is -1.75. The fourth-order valence-corrected chi connectivity index (χ4v) is 1.76. The molecule has 0 saturated heterocycles. The molecule has 0 aromatic heterocycles. The molecule has 0 fully saturated rings. The predicted molar refractivity (Wildman–Crippen MR) is 71.7 cm³/mol. The number of hydrogen-bond acceptors (Lipinski definition) is 3.